The number of hydrogen-bond donors (Lipinski definition) is 2. The third-order valence-corrected chi connectivity index (χ3v) is 4.15. The summed E-state index contributed by atoms with van der Waals surface area (Å²) in [7, 11) is 0. The molecular weight excluding hydrogens is 356 g/mol. The quantitative estimate of drug-likeness (QED) is 0.647. The smallest absolute Gasteiger partial charge is 0.276 e. The number of aryl methyl sites for hydroxylation is 2. The van der Waals surface area contributed by atoms with Crippen molar-refractivity contribution in [1.82, 2.24) is 10.9 Å². The molecule has 3 aromatic rings. The van der Waals surface area contributed by atoms with Crippen LogP contribution in [0, 0.1) is 13.8 Å². The van der Waals surface area contributed by atoms with Crippen molar-refractivity contribution < 1.29 is 19.1 Å². The standard InChI is InChI=1S/C22H22N2O4/c1-15-10-11-16(2)20(12-15)28-14-22(26)24-23-21(25)13-27-19-9-5-7-17-6-3-4-8-18(17)19/h3-12H,13-14H2,1-2H3,(H,23,25)(H,24,26). The first kappa shape index (κ1) is 19.2. The lowest BCUT2D eigenvalue weighted by Crippen LogP contribution is -2.45. The van der Waals surface area contributed by atoms with Gasteiger partial charge in [-0.15, -0.1) is 0 Å². The van der Waals surface area contributed by atoms with Gasteiger partial charge in [-0.1, -0.05) is 48.5 Å². The summed E-state index contributed by atoms with van der Waals surface area (Å²) in [5.74, 6) is 0.325. The summed E-state index contributed by atoms with van der Waals surface area (Å²) in [6.07, 6.45) is 0. The van der Waals surface area contributed by atoms with E-state index >= 15 is 0 Å². The van der Waals surface area contributed by atoms with Crippen LogP contribution in [0.3, 0.4) is 0 Å². The van der Waals surface area contributed by atoms with E-state index in [4.69, 9.17) is 9.47 Å². The number of benzene rings is 3. The van der Waals surface area contributed by atoms with E-state index in [9.17, 15) is 9.59 Å². The molecule has 3 rings (SSSR count). The average molecular weight is 378 g/mol. The van der Waals surface area contributed by atoms with Crippen LogP contribution in [0.1, 0.15) is 11.1 Å². The molecule has 0 saturated heterocycles. The second-order valence-electron chi connectivity index (χ2n) is 6.42. The predicted molar refractivity (Wildman–Crippen MR) is 107 cm³/mol. The highest BCUT2D eigenvalue weighted by Crippen LogP contribution is 2.24. The van der Waals surface area contributed by atoms with Crippen LogP contribution in [0.2, 0.25) is 0 Å². The molecule has 3 aromatic carbocycles. The number of hydrazine groups is 1. The molecular formula is C22H22N2O4. The Morgan fingerprint density at radius 3 is 2.18 bits per heavy atom. The topological polar surface area (TPSA) is 76.7 Å². The van der Waals surface area contributed by atoms with Crippen LogP contribution in [0.5, 0.6) is 11.5 Å². The van der Waals surface area contributed by atoms with E-state index in [1.54, 1.807) is 6.07 Å². The molecule has 0 radical (unpaired) electrons. The highest BCUT2D eigenvalue weighted by atomic mass is 16.5. The Morgan fingerprint density at radius 2 is 1.43 bits per heavy atom. The summed E-state index contributed by atoms with van der Waals surface area (Å²) < 4.78 is 11.1. The van der Waals surface area contributed by atoms with Gasteiger partial charge in [-0.3, -0.25) is 20.4 Å². The van der Waals surface area contributed by atoms with Crippen molar-refractivity contribution in [3.05, 3.63) is 71.8 Å². The van der Waals surface area contributed by atoms with Crippen LogP contribution in [0.15, 0.2) is 60.7 Å². The number of amides is 2. The summed E-state index contributed by atoms with van der Waals surface area (Å²) in [5.41, 5.74) is 6.61. The van der Waals surface area contributed by atoms with Gasteiger partial charge in [-0.2, -0.15) is 0 Å². The Balaban J connectivity index is 1.45. The van der Waals surface area contributed by atoms with E-state index < -0.39 is 11.8 Å². The lowest BCUT2D eigenvalue weighted by molar-refractivity contribution is -0.130. The minimum absolute atomic E-state index is 0.200. The first-order valence-corrected chi connectivity index (χ1v) is 8.91. The van der Waals surface area contributed by atoms with E-state index in [2.05, 4.69) is 10.9 Å². The Bertz CT molecular complexity index is 995. The van der Waals surface area contributed by atoms with Crippen LogP contribution in [0.4, 0.5) is 0 Å². The second kappa shape index (κ2) is 8.90. The van der Waals surface area contributed by atoms with E-state index in [-0.39, 0.29) is 13.2 Å². The van der Waals surface area contributed by atoms with E-state index in [0.717, 1.165) is 21.9 Å². The lowest BCUT2D eigenvalue weighted by Gasteiger charge is -2.12. The van der Waals surface area contributed by atoms with Gasteiger partial charge < -0.3 is 9.47 Å². The van der Waals surface area contributed by atoms with Gasteiger partial charge in [-0.25, -0.2) is 0 Å². The molecule has 0 aliphatic heterocycles. The predicted octanol–water partition coefficient (Wildman–Crippen LogP) is 3.06. The summed E-state index contributed by atoms with van der Waals surface area (Å²) >= 11 is 0. The molecule has 0 saturated carbocycles. The third-order valence-electron chi connectivity index (χ3n) is 4.15. The van der Waals surface area contributed by atoms with Crippen molar-refractivity contribution in [3.8, 4) is 11.5 Å². The van der Waals surface area contributed by atoms with Gasteiger partial charge in [-0.05, 0) is 42.5 Å². The van der Waals surface area contributed by atoms with Crippen LogP contribution in [0.25, 0.3) is 10.8 Å². The van der Waals surface area contributed by atoms with Gasteiger partial charge in [0, 0.05) is 5.39 Å². The molecule has 2 N–H and O–H groups in total. The summed E-state index contributed by atoms with van der Waals surface area (Å²) in [4.78, 5) is 23.8. The summed E-state index contributed by atoms with van der Waals surface area (Å²) in [5, 5.41) is 1.95. The zero-order valence-electron chi connectivity index (χ0n) is 15.8. The van der Waals surface area contributed by atoms with Gasteiger partial charge in [0.2, 0.25) is 0 Å². The average Bonchev–Trinajstić information content (AvgIpc) is 2.71. The zero-order chi connectivity index (χ0) is 19.9. The maximum absolute atomic E-state index is 11.9. The number of fused-ring (bicyclic) bond motifs is 1. The van der Waals surface area contributed by atoms with Crippen molar-refractivity contribution in [2.45, 2.75) is 13.8 Å². The summed E-state index contributed by atoms with van der Waals surface area (Å²) in [6, 6.07) is 19.1. The molecule has 0 bridgehead atoms. The van der Waals surface area contributed by atoms with Gasteiger partial charge in [0.1, 0.15) is 11.5 Å². The Morgan fingerprint density at radius 1 is 0.786 bits per heavy atom. The van der Waals surface area contributed by atoms with Crippen LogP contribution < -0.4 is 20.3 Å². The minimum Gasteiger partial charge on any atom is -0.483 e. The van der Waals surface area contributed by atoms with Gasteiger partial charge >= 0.3 is 0 Å². The fraction of sp³-hybridized carbons (Fsp3) is 0.182. The largest absolute Gasteiger partial charge is 0.483 e. The van der Waals surface area contributed by atoms with Crippen LogP contribution in [-0.4, -0.2) is 25.0 Å². The molecule has 0 unspecified atom stereocenters. The van der Waals surface area contributed by atoms with Gasteiger partial charge in [0.15, 0.2) is 13.2 Å². The first-order valence-electron chi connectivity index (χ1n) is 8.91. The molecule has 0 aromatic heterocycles. The number of ether oxygens (including phenoxy) is 2. The van der Waals surface area contributed by atoms with E-state index in [0.29, 0.717) is 11.5 Å². The van der Waals surface area contributed by atoms with Gasteiger partial charge in [0.25, 0.3) is 11.8 Å². The van der Waals surface area contributed by atoms with Gasteiger partial charge in [0.05, 0.1) is 0 Å². The number of nitrogens with one attached hydrogen (secondary N) is 2. The van der Waals surface area contributed by atoms with Crippen molar-refractivity contribution in [1.29, 1.82) is 0 Å². The molecule has 6 nitrogen and oxygen atoms in total. The van der Waals surface area contributed by atoms with Crippen molar-refractivity contribution in [2.24, 2.45) is 0 Å². The summed E-state index contributed by atoms with van der Waals surface area (Å²) in [6.45, 7) is 3.43. The fourth-order valence-corrected chi connectivity index (χ4v) is 2.68. The SMILES string of the molecule is Cc1ccc(C)c(OCC(=O)NNC(=O)COc2cccc3ccccc23)c1. The molecule has 28 heavy (non-hydrogen) atoms. The Hall–Kier alpha value is -3.54. The first-order chi connectivity index (χ1) is 13.5. The molecule has 0 heterocycles. The normalized spacial score (nSPS) is 10.4. The second-order valence-corrected chi connectivity index (χ2v) is 6.42. The number of hydrogen-bond acceptors (Lipinski definition) is 4. The minimum atomic E-state index is -0.465. The van der Waals surface area contributed by atoms with E-state index in [1.807, 2.05) is 68.4 Å². The van der Waals surface area contributed by atoms with Crippen LogP contribution >= 0.6 is 0 Å². The third kappa shape index (κ3) is 5.01. The molecule has 144 valence electrons. The molecule has 6 heteroatoms. The highest BCUT2D eigenvalue weighted by molar-refractivity contribution is 5.89. The molecule has 0 spiro atoms. The number of rotatable bonds is 6. The Labute approximate surface area is 163 Å². The van der Waals surface area contributed by atoms with E-state index in [1.165, 1.54) is 0 Å². The Kier molecular flexibility index (Phi) is 6.11. The van der Waals surface area contributed by atoms with Crippen molar-refractivity contribution in [3.63, 3.8) is 0 Å². The van der Waals surface area contributed by atoms with Crippen LogP contribution in [-0.2, 0) is 9.59 Å². The monoisotopic (exact) mass is 378 g/mol. The maximum Gasteiger partial charge on any atom is 0.276 e. The maximum atomic E-state index is 11.9. The fourth-order valence-electron chi connectivity index (χ4n) is 2.68. The number of carbonyl (C=O) groups is 2. The molecule has 0 aliphatic rings. The lowest BCUT2D eigenvalue weighted by atomic mass is 10.1. The number of carbonyl (C=O) groups excluding carboxylic acids is 2. The molecule has 0 aliphatic carbocycles. The molecule has 2 amide bonds. The molecule has 0 atom stereocenters. The van der Waals surface area contributed by atoms with Crippen molar-refractivity contribution in [2.75, 3.05) is 13.2 Å². The zero-order valence-corrected chi connectivity index (χ0v) is 15.8. The highest BCUT2D eigenvalue weighted by Gasteiger charge is 2.09. The molecule has 0 fully saturated rings. The van der Waals surface area contributed by atoms with Crippen molar-refractivity contribution >= 4 is 22.6 Å².